The Bertz CT molecular complexity index is 1240. The van der Waals surface area contributed by atoms with E-state index in [0.29, 0.717) is 24.5 Å². The lowest BCUT2D eigenvalue weighted by atomic mass is 10.1. The van der Waals surface area contributed by atoms with Crippen molar-refractivity contribution in [2.75, 3.05) is 7.05 Å². The molecule has 0 aliphatic heterocycles. The van der Waals surface area contributed by atoms with Crippen LogP contribution >= 0.6 is 0 Å². The number of amides is 1. The predicted molar refractivity (Wildman–Crippen MR) is 128 cm³/mol. The first-order valence-corrected chi connectivity index (χ1v) is 10.9. The second-order valence-corrected chi connectivity index (χ2v) is 8.00. The Morgan fingerprint density at radius 1 is 0.882 bits per heavy atom. The summed E-state index contributed by atoms with van der Waals surface area (Å²) in [4.78, 5) is 25.5. The molecule has 0 unspecified atom stereocenters. The molecule has 0 spiro atoms. The lowest BCUT2D eigenvalue weighted by Gasteiger charge is -2.20. The SMILES string of the molecule is CN(Cc1ccccc1OCc1ccc(CC(=O)O)cc1)C(=O)c1ccc(-c2ccco2)cc1. The fourth-order valence-electron chi connectivity index (χ4n) is 3.63. The molecule has 0 saturated heterocycles. The maximum Gasteiger partial charge on any atom is 0.307 e. The lowest BCUT2D eigenvalue weighted by molar-refractivity contribution is -0.136. The predicted octanol–water partition coefficient (Wildman–Crippen LogP) is 5.42. The van der Waals surface area contributed by atoms with Gasteiger partial charge in [0.15, 0.2) is 0 Å². The zero-order chi connectivity index (χ0) is 23.9. The van der Waals surface area contributed by atoms with E-state index in [1.807, 2.05) is 60.7 Å². The smallest absolute Gasteiger partial charge is 0.307 e. The van der Waals surface area contributed by atoms with Crippen LogP contribution in [-0.2, 0) is 24.4 Å². The number of nitrogens with zero attached hydrogens (tertiary/aromatic N) is 1. The highest BCUT2D eigenvalue weighted by Gasteiger charge is 2.15. The van der Waals surface area contributed by atoms with E-state index in [2.05, 4.69) is 0 Å². The minimum absolute atomic E-state index is 0.00406. The van der Waals surface area contributed by atoms with E-state index in [0.717, 1.165) is 28.0 Å². The van der Waals surface area contributed by atoms with E-state index in [4.69, 9.17) is 14.3 Å². The third-order valence-electron chi connectivity index (χ3n) is 5.44. The number of carboxylic acids is 1. The highest BCUT2D eigenvalue weighted by Crippen LogP contribution is 2.23. The number of carbonyl (C=O) groups is 2. The quantitative estimate of drug-likeness (QED) is 0.364. The molecule has 0 atom stereocenters. The number of benzene rings is 3. The van der Waals surface area contributed by atoms with E-state index in [1.165, 1.54) is 0 Å². The normalized spacial score (nSPS) is 10.6. The summed E-state index contributed by atoms with van der Waals surface area (Å²) in [5, 5.41) is 8.90. The molecule has 172 valence electrons. The van der Waals surface area contributed by atoms with Gasteiger partial charge in [-0.15, -0.1) is 0 Å². The lowest BCUT2D eigenvalue weighted by Crippen LogP contribution is -2.26. The molecule has 1 amide bonds. The number of rotatable bonds is 9. The van der Waals surface area contributed by atoms with Crippen molar-refractivity contribution in [2.24, 2.45) is 0 Å². The molecule has 0 fully saturated rings. The highest BCUT2D eigenvalue weighted by atomic mass is 16.5. The summed E-state index contributed by atoms with van der Waals surface area (Å²) in [6, 6.07) is 26.0. The van der Waals surface area contributed by atoms with Gasteiger partial charge in [-0.2, -0.15) is 0 Å². The van der Waals surface area contributed by atoms with Gasteiger partial charge in [-0.1, -0.05) is 54.6 Å². The van der Waals surface area contributed by atoms with Crippen molar-refractivity contribution in [2.45, 2.75) is 19.6 Å². The molecule has 1 heterocycles. The Morgan fingerprint density at radius 2 is 1.59 bits per heavy atom. The zero-order valence-corrected chi connectivity index (χ0v) is 18.8. The Labute approximate surface area is 198 Å². The van der Waals surface area contributed by atoms with Crippen molar-refractivity contribution < 1.29 is 23.8 Å². The first-order chi connectivity index (χ1) is 16.5. The molecule has 4 rings (SSSR count). The molecule has 0 aliphatic rings. The van der Waals surface area contributed by atoms with E-state index < -0.39 is 5.97 Å². The summed E-state index contributed by atoms with van der Waals surface area (Å²) in [6.07, 6.45) is 1.62. The van der Waals surface area contributed by atoms with Gasteiger partial charge >= 0.3 is 5.97 Å². The van der Waals surface area contributed by atoms with Gasteiger partial charge in [0.2, 0.25) is 0 Å². The van der Waals surface area contributed by atoms with Gasteiger partial charge in [0.25, 0.3) is 5.91 Å². The number of aliphatic carboxylic acids is 1. The number of ether oxygens (including phenoxy) is 1. The van der Waals surface area contributed by atoms with E-state index in [9.17, 15) is 9.59 Å². The fraction of sp³-hybridized carbons (Fsp3) is 0.143. The van der Waals surface area contributed by atoms with Gasteiger partial charge < -0.3 is 19.2 Å². The van der Waals surface area contributed by atoms with Crippen LogP contribution < -0.4 is 4.74 Å². The third kappa shape index (κ3) is 5.72. The van der Waals surface area contributed by atoms with Crippen molar-refractivity contribution in [1.29, 1.82) is 0 Å². The first kappa shape index (κ1) is 22.9. The number of carboxylic acid groups (broad SMARTS) is 1. The third-order valence-corrected chi connectivity index (χ3v) is 5.44. The largest absolute Gasteiger partial charge is 0.489 e. The maximum atomic E-state index is 13.0. The van der Waals surface area contributed by atoms with Crippen LogP contribution in [0.5, 0.6) is 5.75 Å². The number of hydrogen-bond acceptors (Lipinski definition) is 4. The van der Waals surface area contributed by atoms with Crippen LogP contribution in [0, 0.1) is 0 Å². The molecule has 1 aromatic heterocycles. The molecule has 0 saturated carbocycles. The minimum atomic E-state index is -0.856. The Hall–Kier alpha value is -4.32. The van der Waals surface area contributed by atoms with E-state index >= 15 is 0 Å². The van der Waals surface area contributed by atoms with Gasteiger partial charge in [0.05, 0.1) is 12.7 Å². The van der Waals surface area contributed by atoms with Crippen molar-refractivity contribution in [3.63, 3.8) is 0 Å². The molecule has 34 heavy (non-hydrogen) atoms. The fourth-order valence-corrected chi connectivity index (χ4v) is 3.63. The molecule has 6 heteroatoms. The number of furan rings is 1. The summed E-state index contributed by atoms with van der Waals surface area (Å²) < 4.78 is 11.4. The summed E-state index contributed by atoms with van der Waals surface area (Å²) >= 11 is 0. The molecule has 0 bridgehead atoms. The van der Waals surface area contributed by atoms with Crippen LogP contribution in [0.2, 0.25) is 0 Å². The molecule has 3 aromatic carbocycles. The maximum absolute atomic E-state index is 13.0. The molecular formula is C28H25NO5. The second kappa shape index (κ2) is 10.5. The van der Waals surface area contributed by atoms with Crippen molar-refractivity contribution >= 4 is 11.9 Å². The molecule has 0 radical (unpaired) electrons. The number of carbonyl (C=O) groups excluding carboxylic acids is 1. The number of para-hydroxylation sites is 1. The topological polar surface area (TPSA) is 80.0 Å². The van der Waals surface area contributed by atoms with Crippen LogP contribution in [0.15, 0.2) is 95.6 Å². The Balaban J connectivity index is 1.39. The van der Waals surface area contributed by atoms with Crippen LogP contribution in [-0.4, -0.2) is 28.9 Å². The van der Waals surface area contributed by atoms with Crippen molar-refractivity contribution in [1.82, 2.24) is 4.90 Å². The monoisotopic (exact) mass is 455 g/mol. The molecule has 1 N–H and O–H groups in total. The van der Waals surface area contributed by atoms with E-state index in [-0.39, 0.29) is 12.3 Å². The van der Waals surface area contributed by atoms with Gasteiger partial charge in [-0.05, 0) is 41.5 Å². The van der Waals surface area contributed by atoms with Crippen LogP contribution in [0.25, 0.3) is 11.3 Å². The zero-order valence-electron chi connectivity index (χ0n) is 18.8. The standard InChI is InChI=1S/C28H25NO5/c1-29(28(32)23-14-12-22(13-15-23)25-7-4-16-33-25)18-24-5-2-3-6-26(24)34-19-21-10-8-20(9-11-21)17-27(30)31/h2-16H,17-19H2,1H3,(H,30,31). The average Bonchev–Trinajstić information content (AvgIpc) is 3.39. The summed E-state index contributed by atoms with van der Waals surface area (Å²) in [5.41, 5.74) is 4.09. The second-order valence-electron chi connectivity index (χ2n) is 8.00. The summed E-state index contributed by atoms with van der Waals surface area (Å²) in [5.74, 6) is 0.514. The van der Waals surface area contributed by atoms with Gasteiger partial charge in [-0.25, -0.2) is 0 Å². The first-order valence-electron chi connectivity index (χ1n) is 10.9. The Kier molecular flexibility index (Phi) is 7.08. The van der Waals surface area contributed by atoms with Crippen molar-refractivity contribution in [3.05, 3.63) is 113 Å². The summed E-state index contributed by atoms with van der Waals surface area (Å²) in [7, 11) is 1.76. The molecule has 6 nitrogen and oxygen atoms in total. The molecule has 4 aromatic rings. The van der Waals surface area contributed by atoms with Crippen LogP contribution in [0.4, 0.5) is 0 Å². The highest BCUT2D eigenvalue weighted by molar-refractivity contribution is 5.94. The van der Waals surface area contributed by atoms with Gasteiger partial charge in [0, 0.05) is 30.3 Å². The minimum Gasteiger partial charge on any atom is -0.489 e. The van der Waals surface area contributed by atoms with E-state index in [1.54, 1.807) is 42.5 Å². The van der Waals surface area contributed by atoms with Crippen LogP contribution in [0.1, 0.15) is 27.0 Å². The summed E-state index contributed by atoms with van der Waals surface area (Å²) in [6.45, 7) is 0.739. The molecular weight excluding hydrogens is 430 g/mol. The Morgan fingerprint density at radius 3 is 2.26 bits per heavy atom. The van der Waals surface area contributed by atoms with Crippen LogP contribution in [0.3, 0.4) is 0 Å². The number of hydrogen-bond donors (Lipinski definition) is 1. The molecule has 0 aliphatic carbocycles. The average molecular weight is 456 g/mol. The van der Waals surface area contributed by atoms with Crippen molar-refractivity contribution in [3.8, 4) is 17.1 Å². The van der Waals surface area contributed by atoms with Gasteiger partial charge in [0.1, 0.15) is 18.1 Å². The van der Waals surface area contributed by atoms with Gasteiger partial charge in [-0.3, -0.25) is 9.59 Å².